The summed E-state index contributed by atoms with van der Waals surface area (Å²) in [4.78, 5) is 16.5. The van der Waals surface area contributed by atoms with Crippen LogP contribution in [0.15, 0.2) is 48.7 Å². The van der Waals surface area contributed by atoms with E-state index < -0.39 is 0 Å². The van der Waals surface area contributed by atoms with Crippen LogP contribution in [0, 0.1) is 13.8 Å². The van der Waals surface area contributed by atoms with Crippen molar-refractivity contribution in [2.45, 2.75) is 26.7 Å². The number of fused-ring (bicyclic) bond motifs is 1. The zero-order valence-electron chi connectivity index (χ0n) is 14.0. The molecule has 3 rings (SSSR count). The van der Waals surface area contributed by atoms with Gasteiger partial charge in [-0.25, -0.2) is 4.98 Å². The minimum atomic E-state index is -0.0134. The van der Waals surface area contributed by atoms with E-state index in [2.05, 4.69) is 10.3 Å². The largest absolute Gasteiger partial charge is 0.494 e. The van der Waals surface area contributed by atoms with Crippen molar-refractivity contribution < 1.29 is 9.53 Å². The number of rotatable bonds is 6. The van der Waals surface area contributed by atoms with Gasteiger partial charge in [-0.05, 0) is 44.5 Å². The summed E-state index contributed by atoms with van der Waals surface area (Å²) in [6.07, 6.45) is 3.00. The van der Waals surface area contributed by atoms with Crippen molar-refractivity contribution in [3.05, 3.63) is 60.0 Å². The van der Waals surface area contributed by atoms with E-state index in [0.29, 0.717) is 19.4 Å². The van der Waals surface area contributed by atoms with E-state index in [1.807, 2.05) is 66.9 Å². The van der Waals surface area contributed by atoms with Crippen LogP contribution in [-0.4, -0.2) is 21.9 Å². The molecule has 3 aromatic rings. The maximum absolute atomic E-state index is 12.1. The lowest BCUT2D eigenvalue weighted by molar-refractivity contribution is -0.116. The second-order valence-electron chi connectivity index (χ2n) is 5.74. The Morgan fingerprint density at radius 1 is 1.17 bits per heavy atom. The van der Waals surface area contributed by atoms with Crippen molar-refractivity contribution in [1.82, 2.24) is 9.38 Å². The maximum atomic E-state index is 12.1. The number of carbonyl (C=O) groups is 1. The first-order chi connectivity index (χ1) is 11.6. The van der Waals surface area contributed by atoms with E-state index in [1.165, 1.54) is 0 Å². The standard InChI is InChI=1S/C19H21N3O2/c1-14-15(2)22-13-16(10-11-18(22)20-14)21-19(23)9-6-12-24-17-7-4-3-5-8-17/h3-5,7-8,10-11,13H,6,9,12H2,1-2H3,(H,21,23). The summed E-state index contributed by atoms with van der Waals surface area (Å²) >= 11 is 0. The summed E-state index contributed by atoms with van der Waals surface area (Å²) in [7, 11) is 0. The van der Waals surface area contributed by atoms with Gasteiger partial charge in [-0.1, -0.05) is 18.2 Å². The van der Waals surface area contributed by atoms with Gasteiger partial charge in [0.2, 0.25) is 5.91 Å². The van der Waals surface area contributed by atoms with E-state index in [-0.39, 0.29) is 5.91 Å². The number of hydrogen-bond acceptors (Lipinski definition) is 3. The molecule has 0 unspecified atom stereocenters. The summed E-state index contributed by atoms with van der Waals surface area (Å²) in [5.74, 6) is 0.815. The van der Waals surface area contributed by atoms with E-state index in [0.717, 1.165) is 28.5 Å². The quantitative estimate of drug-likeness (QED) is 0.703. The number of anilines is 1. The molecule has 2 aromatic heterocycles. The number of hydrogen-bond donors (Lipinski definition) is 1. The molecule has 5 nitrogen and oxygen atoms in total. The molecule has 5 heteroatoms. The Labute approximate surface area is 141 Å². The summed E-state index contributed by atoms with van der Waals surface area (Å²) in [5.41, 5.74) is 3.74. The number of amides is 1. The number of ether oxygens (including phenoxy) is 1. The number of aromatic nitrogens is 2. The predicted octanol–water partition coefficient (Wildman–Crippen LogP) is 3.75. The Balaban J connectivity index is 1.50. The van der Waals surface area contributed by atoms with Gasteiger partial charge in [0, 0.05) is 18.3 Å². The third kappa shape index (κ3) is 3.74. The number of carbonyl (C=O) groups excluding carboxylic acids is 1. The average Bonchev–Trinajstić information content (AvgIpc) is 2.87. The zero-order chi connectivity index (χ0) is 16.9. The van der Waals surface area contributed by atoms with Gasteiger partial charge in [-0.15, -0.1) is 0 Å². The number of para-hydroxylation sites is 1. The highest BCUT2D eigenvalue weighted by Gasteiger charge is 2.07. The van der Waals surface area contributed by atoms with E-state index in [9.17, 15) is 4.79 Å². The minimum absolute atomic E-state index is 0.0134. The molecular formula is C19H21N3O2. The van der Waals surface area contributed by atoms with Crippen molar-refractivity contribution in [2.24, 2.45) is 0 Å². The van der Waals surface area contributed by atoms with Crippen molar-refractivity contribution in [2.75, 3.05) is 11.9 Å². The van der Waals surface area contributed by atoms with E-state index >= 15 is 0 Å². The van der Waals surface area contributed by atoms with Gasteiger partial charge in [-0.2, -0.15) is 0 Å². The highest BCUT2D eigenvalue weighted by atomic mass is 16.5. The van der Waals surface area contributed by atoms with Gasteiger partial charge in [0.05, 0.1) is 18.0 Å². The van der Waals surface area contributed by atoms with Crippen LogP contribution in [0.2, 0.25) is 0 Å². The van der Waals surface area contributed by atoms with Crippen molar-refractivity contribution >= 4 is 17.2 Å². The fourth-order valence-corrected chi connectivity index (χ4v) is 2.52. The Hall–Kier alpha value is -2.82. The topological polar surface area (TPSA) is 55.6 Å². The molecular weight excluding hydrogens is 302 g/mol. The van der Waals surface area contributed by atoms with Crippen molar-refractivity contribution in [3.63, 3.8) is 0 Å². The molecule has 124 valence electrons. The van der Waals surface area contributed by atoms with Gasteiger partial charge >= 0.3 is 0 Å². The van der Waals surface area contributed by atoms with Crippen LogP contribution in [0.25, 0.3) is 5.65 Å². The summed E-state index contributed by atoms with van der Waals surface area (Å²) in [6.45, 7) is 4.52. The Morgan fingerprint density at radius 3 is 2.75 bits per heavy atom. The maximum Gasteiger partial charge on any atom is 0.224 e. The fraction of sp³-hybridized carbons (Fsp3) is 0.263. The molecule has 1 N–H and O–H groups in total. The highest BCUT2D eigenvalue weighted by Crippen LogP contribution is 2.15. The first-order valence-corrected chi connectivity index (χ1v) is 8.06. The molecule has 0 aliphatic rings. The Bertz CT molecular complexity index is 840. The number of pyridine rings is 1. The van der Waals surface area contributed by atoms with Crippen LogP contribution in [0.4, 0.5) is 5.69 Å². The molecule has 0 radical (unpaired) electrons. The lowest BCUT2D eigenvalue weighted by atomic mass is 10.3. The van der Waals surface area contributed by atoms with Gasteiger partial charge in [0.15, 0.2) is 0 Å². The van der Waals surface area contributed by atoms with E-state index in [1.54, 1.807) is 0 Å². The zero-order valence-corrected chi connectivity index (χ0v) is 14.0. The molecule has 0 spiro atoms. The number of benzene rings is 1. The molecule has 0 bridgehead atoms. The van der Waals surface area contributed by atoms with Gasteiger partial charge in [0.1, 0.15) is 11.4 Å². The second kappa shape index (κ2) is 7.17. The van der Waals surface area contributed by atoms with Crippen LogP contribution in [0.1, 0.15) is 24.2 Å². The van der Waals surface area contributed by atoms with Crippen LogP contribution < -0.4 is 10.1 Å². The van der Waals surface area contributed by atoms with Crippen LogP contribution >= 0.6 is 0 Å². The molecule has 1 aromatic carbocycles. The third-order valence-electron chi connectivity index (χ3n) is 3.94. The molecule has 0 saturated heterocycles. The summed E-state index contributed by atoms with van der Waals surface area (Å²) in [6, 6.07) is 13.4. The first-order valence-electron chi connectivity index (χ1n) is 8.06. The normalized spacial score (nSPS) is 10.8. The van der Waals surface area contributed by atoms with Gasteiger partial charge in [-0.3, -0.25) is 4.79 Å². The molecule has 2 heterocycles. The Kier molecular flexibility index (Phi) is 4.79. The van der Waals surface area contributed by atoms with Crippen LogP contribution in [0.5, 0.6) is 5.75 Å². The molecule has 0 atom stereocenters. The fourth-order valence-electron chi connectivity index (χ4n) is 2.52. The SMILES string of the molecule is Cc1nc2ccc(NC(=O)CCCOc3ccccc3)cn2c1C. The predicted molar refractivity (Wildman–Crippen MR) is 94.5 cm³/mol. The second-order valence-corrected chi connectivity index (χ2v) is 5.74. The highest BCUT2D eigenvalue weighted by molar-refractivity contribution is 5.90. The number of aryl methyl sites for hydroxylation is 2. The average molecular weight is 323 g/mol. The van der Waals surface area contributed by atoms with E-state index in [4.69, 9.17) is 4.74 Å². The summed E-state index contributed by atoms with van der Waals surface area (Å²) < 4.78 is 7.58. The molecule has 24 heavy (non-hydrogen) atoms. The first kappa shape index (κ1) is 16.1. The molecule has 0 fully saturated rings. The molecule has 0 saturated carbocycles. The monoisotopic (exact) mass is 323 g/mol. The number of nitrogens with one attached hydrogen (secondary N) is 1. The lowest BCUT2D eigenvalue weighted by Gasteiger charge is -2.08. The van der Waals surface area contributed by atoms with Crippen molar-refractivity contribution in [1.29, 1.82) is 0 Å². The molecule has 1 amide bonds. The third-order valence-corrected chi connectivity index (χ3v) is 3.94. The van der Waals surface area contributed by atoms with Gasteiger partial charge in [0.25, 0.3) is 0 Å². The Morgan fingerprint density at radius 2 is 1.96 bits per heavy atom. The smallest absolute Gasteiger partial charge is 0.224 e. The summed E-state index contributed by atoms with van der Waals surface area (Å²) in [5, 5.41) is 2.93. The van der Waals surface area contributed by atoms with Crippen LogP contribution in [0.3, 0.4) is 0 Å². The molecule has 0 aliphatic heterocycles. The van der Waals surface area contributed by atoms with Crippen molar-refractivity contribution in [3.8, 4) is 5.75 Å². The van der Waals surface area contributed by atoms with Crippen LogP contribution in [-0.2, 0) is 4.79 Å². The number of nitrogens with zero attached hydrogens (tertiary/aromatic N) is 2. The molecule has 0 aliphatic carbocycles. The van der Waals surface area contributed by atoms with Gasteiger partial charge < -0.3 is 14.5 Å². The lowest BCUT2D eigenvalue weighted by Crippen LogP contribution is -2.13. The minimum Gasteiger partial charge on any atom is -0.494 e. The number of imidazole rings is 1.